The van der Waals surface area contributed by atoms with Gasteiger partial charge in [0.15, 0.2) is 5.76 Å². The third kappa shape index (κ3) is 4.80. The first-order valence-electron chi connectivity index (χ1n) is 7.97. The third-order valence-electron chi connectivity index (χ3n) is 4.00. The van der Waals surface area contributed by atoms with Gasteiger partial charge in [-0.25, -0.2) is 0 Å². The monoisotopic (exact) mass is 364 g/mol. The largest absolute Gasteiger partial charge is 0.459 e. The highest BCUT2D eigenvalue weighted by molar-refractivity contribution is 5.91. The minimum Gasteiger partial charge on any atom is -0.459 e. The minimum absolute atomic E-state index is 0. The van der Waals surface area contributed by atoms with Crippen LogP contribution >= 0.6 is 12.4 Å². The van der Waals surface area contributed by atoms with Crippen molar-refractivity contribution < 1.29 is 14.0 Å². The van der Waals surface area contributed by atoms with Gasteiger partial charge in [0.25, 0.3) is 5.91 Å². The summed E-state index contributed by atoms with van der Waals surface area (Å²) >= 11 is 0. The molecule has 0 bridgehead atoms. The number of halogens is 1. The Balaban J connectivity index is 0.00000225. The quantitative estimate of drug-likeness (QED) is 0.837. The fraction of sp³-hybridized carbons (Fsp3) is 0.353. The summed E-state index contributed by atoms with van der Waals surface area (Å²) < 4.78 is 5.02. The van der Waals surface area contributed by atoms with E-state index in [2.05, 4.69) is 15.6 Å². The molecule has 3 heterocycles. The molecule has 3 rings (SSSR count). The molecule has 2 aromatic rings. The predicted octanol–water partition coefficient (Wildman–Crippen LogP) is 1.39. The lowest BCUT2D eigenvalue weighted by Gasteiger charge is -2.36. The van der Waals surface area contributed by atoms with Crippen molar-refractivity contribution in [3.63, 3.8) is 0 Å². The number of nitrogens with one attached hydrogen (secondary N) is 2. The van der Waals surface area contributed by atoms with E-state index >= 15 is 0 Å². The molecule has 1 fully saturated rings. The molecule has 0 aliphatic carbocycles. The smallest absolute Gasteiger partial charge is 0.286 e. The molecule has 1 saturated heterocycles. The van der Waals surface area contributed by atoms with Gasteiger partial charge in [0.05, 0.1) is 12.3 Å². The van der Waals surface area contributed by atoms with E-state index < -0.39 is 0 Å². The van der Waals surface area contributed by atoms with E-state index in [1.54, 1.807) is 24.5 Å². The maximum absolute atomic E-state index is 12.6. The lowest BCUT2D eigenvalue weighted by molar-refractivity contribution is -0.134. The number of amides is 2. The van der Waals surface area contributed by atoms with Gasteiger partial charge in [-0.3, -0.25) is 14.6 Å². The fourth-order valence-corrected chi connectivity index (χ4v) is 2.80. The van der Waals surface area contributed by atoms with Crippen molar-refractivity contribution in [3.05, 3.63) is 54.2 Å². The number of hydrogen-bond donors (Lipinski definition) is 2. The molecular weight excluding hydrogens is 344 g/mol. The van der Waals surface area contributed by atoms with E-state index in [0.717, 1.165) is 12.1 Å². The van der Waals surface area contributed by atoms with E-state index in [1.165, 1.54) is 6.26 Å². The normalized spacial score (nSPS) is 16.8. The number of pyridine rings is 1. The van der Waals surface area contributed by atoms with Crippen LogP contribution in [-0.4, -0.2) is 47.9 Å². The van der Waals surface area contributed by atoms with E-state index in [1.807, 2.05) is 17.0 Å². The molecule has 1 aliphatic rings. The second kappa shape index (κ2) is 9.19. The van der Waals surface area contributed by atoms with Gasteiger partial charge in [-0.15, -0.1) is 12.4 Å². The number of nitrogens with zero attached hydrogens (tertiary/aromatic N) is 2. The zero-order valence-corrected chi connectivity index (χ0v) is 14.5. The van der Waals surface area contributed by atoms with Crippen LogP contribution in [0.1, 0.15) is 28.6 Å². The molecular formula is C17H21ClN4O3. The molecule has 25 heavy (non-hydrogen) atoms. The second-order valence-electron chi connectivity index (χ2n) is 5.58. The number of hydrogen-bond acceptors (Lipinski definition) is 5. The average Bonchev–Trinajstić information content (AvgIpc) is 3.17. The summed E-state index contributed by atoms with van der Waals surface area (Å²) in [5, 5.41) is 6.01. The zero-order chi connectivity index (χ0) is 16.8. The van der Waals surface area contributed by atoms with Crippen molar-refractivity contribution in [2.75, 3.05) is 26.2 Å². The minimum atomic E-state index is -0.308. The number of carbonyl (C=O) groups is 2. The molecule has 8 heteroatoms. The van der Waals surface area contributed by atoms with Gasteiger partial charge in [0.1, 0.15) is 0 Å². The fourth-order valence-electron chi connectivity index (χ4n) is 2.80. The van der Waals surface area contributed by atoms with Crippen LogP contribution < -0.4 is 10.6 Å². The standard InChI is InChI=1S/C17H20N4O3.ClH/c22-16(5-7-20-17(23)15-4-2-10-24-15)21-9-8-19-12-14(21)13-3-1-6-18-11-13;/h1-4,6,10-11,14,19H,5,7-9,12H2,(H,20,23);1H. The van der Waals surface area contributed by atoms with E-state index in [4.69, 9.17) is 4.42 Å². The Labute approximate surface area is 152 Å². The van der Waals surface area contributed by atoms with Crippen molar-refractivity contribution in [2.24, 2.45) is 0 Å². The van der Waals surface area contributed by atoms with Crippen LogP contribution in [0.4, 0.5) is 0 Å². The SMILES string of the molecule is Cl.O=C(NCCC(=O)N1CCNCC1c1cccnc1)c1ccco1. The predicted molar refractivity (Wildman–Crippen MR) is 94.5 cm³/mol. The average molecular weight is 365 g/mol. The Morgan fingerprint density at radius 1 is 1.36 bits per heavy atom. The molecule has 1 unspecified atom stereocenters. The van der Waals surface area contributed by atoms with Crippen molar-refractivity contribution in [2.45, 2.75) is 12.5 Å². The summed E-state index contributed by atoms with van der Waals surface area (Å²) in [4.78, 5) is 30.3. The topological polar surface area (TPSA) is 87.5 Å². The van der Waals surface area contributed by atoms with E-state index in [-0.39, 0.29) is 49.0 Å². The lowest BCUT2D eigenvalue weighted by atomic mass is 10.0. The van der Waals surface area contributed by atoms with E-state index in [9.17, 15) is 9.59 Å². The first-order valence-corrected chi connectivity index (χ1v) is 7.97. The molecule has 0 saturated carbocycles. The first-order chi connectivity index (χ1) is 11.8. The van der Waals surface area contributed by atoms with Gasteiger partial charge in [-0.2, -0.15) is 0 Å². The van der Waals surface area contributed by atoms with Crippen molar-refractivity contribution >= 4 is 24.2 Å². The van der Waals surface area contributed by atoms with Crippen LogP contribution in [0.5, 0.6) is 0 Å². The molecule has 2 amide bonds. The van der Waals surface area contributed by atoms with Crippen LogP contribution in [0.3, 0.4) is 0 Å². The van der Waals surface area contributed by atoms with Gasteiger partial charge >= 0.3 is 0 Å². The van der Waals surface area contributed by atoms with Crippen LogP contribution in [0.15, 0.2) is 47.3 Å². The first kappa shape index (κ1) is 19.0. The summed E-state index contributed by atoms with van der Waals surface area (Å²) in [6.45, 7) is 2.39. The van der Waals surface area contributed by atoms with Crippen molar-refractivity contribution in [1.29, 1.82) is 0 Å². The zero-order valence-electron chi connectivity index (χ0n) is 13.7. The Kier molecular flexibility index (Phi) is 6.97. The lowest BCUT2D eigenvalue weighted by Crippen LogP contribution is -2.49. The van der Waals surface area contributed by atoms with Crippen LogP contribution in [0, 0.1) is 0 Å². The second-order valence-corrected chi connectivity index (χ2v) is 5.58. The van der Waals surface area contributed by atoms with E-state index in [0.29, 0.717) is 13.1 Å². The molecule has 7 nitrogen and oxygen atoms in total. The number of furan rings is 1. The van der Waals surface area contributed by atoms with Crippen LogP contribution in [-0.2, 0) is 4.79 Å². The number of piperazine rings is 1. The Morgan fingerprint density at radius 2 is 2.24 bits per heavy atom. The Bertz CT molecular complexity index is 678. The van der Waals surface area contributed by atoms with Gasteiger partial charge in [-0.05, 0) is 23.8 Å². The Morgan fingerprint density at radius 3 is 2.96 bits per heavy atom. The number of rotatable bonds is 5. The molecule has 134 valence electrons. The molecule has 1 aliphatic heterocycles. The third-order valence-corrected chi connectivity index (χ3v) is 4.00. The van der Waals surface area contributed by atoms with Gasteiger partial charge in [-0.1, -0.05) is 6.07 Å². The maximum Gasteiger partial charge on any atom is 0.286 e. The molecule has 0 radical (unpaired) electrons. The summed E-state index contributed by atoms with van der Waals surface area (Å²) in [7, 11) is 0. The van der Waals surface area contributed by atoms with Crippen molar-refractivity contribution in [1.82, 2.24) is 20.5 Å². The van der Waals surface area contributed by atoms with Crippen LogP contribution in [0.2, 0.25) is 0 Å². The molecule has 2 N–H and O–H groups in total. The number of carbonyl (C=O) groups excluding carboxylic acids is 2. The summed E-state index contributed by atoms with van der Waals surface area (Å²) in [6, 6.07) is 7.06. The maximum atomic E-state index is 12.6. The number of aromatic nitrogens is 1. The highest BCUT2D eigenvalue weighted by Gasteiger charge is 2.27. The highest BCUT2D eigenvalue weighted by Crippen LogP contribution is 2.21. The van der Waals surface area contributed by atoms with Gasteiger partial charge in [0, 0.05) is 45.0 Å². The summed E-state index contributed by atoms with van der Waals surface area (Å²) in [6.07, 6.45) is 5.20. The molecule has 1 atom stereocenters. The Hall–Kier alpha value is -2.38. The molecule has 0 spiro atoms. The van der Waals surface area contributed by atoms with Crippen molar-refractivity contribution in [3.8, 4) is 0 Å². The molecule has 0 aromatic carbocycles. The van der Waals surface area contributed by atoms with Gasteiger partial charge < -0.3 is 20.0 Å². The summed E-state index contributed by atoms with van der Waals surface area (Å²) in [5.41, 5.74) is 1.01. The van der Waals surface area contributed by atoms with Gasteiger partial charge in [0.2, 0.25) is 5.91 Å². The van der Waals surface area contributed by atoms with Crippen LogP contribution in [0.25, 0.3) is 0 Å². The molecule has 2 aromatic heterocycles. The summed E-state index contributed by atoms with van der Waals surface area (Å²) in [5.74, 6) is -0.0418. The highest BCUT2D eigenvalue weighted by atomic mass is 35.5.